The lowest BCUT2D eigenvalue weighted by atomic mass is 10.1. The van der Waals surface area contributed by atoms with Crippen LogP contribution in [0.2, 0.25) is 0 Å². The maximum Gasteiger partial charge on any atom is 0.102 e. The van der Waals surface area contributed by atoms with Crippen LogP contribution in [-0.4, -0.2) is 24.8 Å². The van der Waals surface area contributed by atoms with Crippen LogP contribution in [0.5, 0.6) is 0 Å². The van der Waals surface area contributed by atoms with Crippen molar-refractivity contribution in [3.05, 3.63) is 60.2 Å². The Hall–Kier alpha value is -2.51. The third-order valence-corrected chi connectivity index (χ3v) is 3.24. The van der Waals surface area contributed by atoms with Gasteiger partial charge in [-0.2, -0.15) is 20.1 Å². The van der Waals surface area contributed by atoms with Crippen LogP contribution in [0.3, 0.4) is 0 Å². The van der Waals surface area contributed by atoms with Gasteiger partial charge in [-0.3, -0.25) is 16.0 Å². The van der Waals surface area contributed by atoms with E-state index in [1.165, 1.54) is 0 Å². The third-order valence-electron chi connectivity index (χ3n) is 3.24. The standard InChI is InChI=1S/C14H17N7/c1-20-8-7-11(18-20)9-13(17-15)14-10-16-21(19-14)12-5-3-2-4-6-12/h2-8,10,13,17H,9,15H2,1H3. The number of para-hydroxylation sites is 1. The van der Waals surface area contributed by atoms with Crippen LogP contribution >= 0.6 is 0 Å². The highest BCUT2D eigenvalue weighted by Crippen LogP contribution is 2.15. The summed E-state index contributed by atoms with van der Waals surface area (Å²) in [5.74, 6) is 5.65. The van der Waals surface area contributed by atoms with Crippen LogP contribution in [-0.2, 0) is 13.5 Å². The summed E-state index contributed by atoms with van der Waals surface area (Å²) in [4.78, 5) is 1.60. The molecule has 1 unspecified atom stereocenters. The van der Waals surface area contributed by atoms with Crippen molar-refractivity contribution >= 4 is 0 Å². The molecule has 3 N–H and O–H groups in total. The summed E-state index contributed by atoms with van der Waals surface area (Å²) in [5, 5.41) is 13.1. The molecular weight excluding hydrogens is 266 g/mol. The molecule has 7 nitrogen and oxygen atoms in total. The normalized spacial score (nSPS) is 12.5. The fourth-order valence-electron chi connectivity index (χ4n) is 2.15. The molecule has 0 bridgehead atoms. The minimum Gasteiger partial charge on any atom is -0.276 e. The van der Waals surface area contributed by atoms with Gasteiger partial charge in [0.05, 0.1) is 23.6 Å². The first-order valence-electron chi connectivity index (χ1n) is 6.68. The van der Waals surface area contributed by atoms with Crippen LogP contribution in [0.15, 0.2) is 48.8 Å². The molecule has 0 saturated carbocycles. The second-order valence-electron chi connectivity index (χ2n) is 4.80. The van der Waals surface area contributed by atoms with Crippen molar-refractivity contribution in [3.8, 4) is 5.69 Å². The van der Waals surface area contributed by atoms with Crippen molar-refractivity contribution in [2.75, 3.05) is 0 Å². The largest absolute Gasteiger partial charge is 0.276 e. The Morgan fingerprint density at radius 1 is 1.19 bits per heavy atom. The maximum absolute atomic E-state index is 5.65. The van der Waals surface area contributed by atoms with Gasteiger partial charge in [0.2, 0.25) is 0 Å². The molecule has 0 aliphatic carbocycles. The van der Waals surface area contributed by atoms with Crippen molar-refractivity contribution in [1.82, 2.24) is 30.2 Å². The fourth-order valence-corrected chi connectivity index (χ4v) is 2.15. The number of hydrogen-bond acceptors (Lipinski definition) is 5. The van der Waals surface area contributed by atoms with E-state index >= 15 is 0 Å². The summed E-state index contributed by atoms with van der Waals surface area (Å²) in [6.07, 6.45) is 4.29. The van der Waals surface area contributed by atoms with Crippen molar-refractivity contribution in [2.45, 2.75) is 12.5 Å². The molecule has 0 amide bonds. The van der Waals surface area contributed by atoms with Crippen LogP contribution in [0, 0.1) is 0 Å². The first-order chi connectivity index (χ1) is 10.3. The molecule has 0 saturated heterocycles. The van der Waals surface area contributed by atoms with E-state index in [0.29, 0.717) is 6.42 Å². The highest BCUT2D eigenvalue weighted by molar-refractivity contribution is 5.28. The SMILES string of the molecule is Cn1ccc(CC(NN)c2cnn(-c3ccccc3)n2)n1. The van der Waals surface area contributed by atoms with Gasteiger partial charge >= 0.3 is 0 Å². The van der Waals surface area contributed by atoms with Gasteiger partial charge in [-0.25, -0.2) is 0 Å². The first-order valence-corrected chi connectivity index (χ1v) is 6.68. The number of nitrogens with one attached hydrogen (secondary N) is 1. The summed E-state index contributed by atoms with van der Waals surface area (Å²) >= 11 is 0. The lowest BCUT2D eigenvalue weighted by Crippen LogP contribution is -2.30. The van der Waals surface area contributed by atoms with Gasteiger partial charge in [0, 0.05) is 19.7 Å². The van der Waals surface area contributed by atoms with Crippen molar-refractivity contribution in [2.24, 2.45) is 12.9 Å². The van der Waals surface area contributed by atoms with Crippen LogP contribution in [0.4, 0.5) is 0 Å². The van der Waals surface area contributed by atoms with E-state index in [1.54, 1.807) is 15.7 Å². The number of nitrogens with two attached hydrogens (primary N) is 1. The third kappa shape index (κ3) is 2.99. The molecule has 0 radical (unpaired) electrons. The highest BCUT2D eigenvalue weighted by atomic mass is 15.5. The average Bonchev–Trinajstić information content (AvgIpc) is 3.15. The quantitative estimate of drug-likeness (QED) is 0.533. The van der Waals surface area contributed by atoms with Gasteiger partial charge in [-0.15, -0.1) is 0 Å². The summed E-state index contributed by atoms with van der Waals surface area (Å²) in [6.45, 7) is 0. The molecule has 108 valence electrons. The molecule has 7 heteroatoms. The molecule has 2 aromatic heterocycles. The van der Waals surface area contributed by atoms with E-state index in [9.17, 15) is 0 Å². The highest BCUT2D eigenvalue weighted by Gasteiger charge is 2.16. The van der Waals surface area contributed by atoms with Gasteiger partial charge in [0.25, 0.3) is 0 Å². The predicted molar refractivity (Wildman–Crippen MR) is 78.3 cm³/mol. The van der Waals surface area contributed by atoms with Crippen molar-refractivity contribution in [1.29, 1.82) is 0 Å². The second-order valence-corrected chi connectivity index (χ2v) is 4.80. The van der Waals surface area contributed by atoms with E-state index in [2.05, 4.69) is 20.7 Å². The summed E-state index contributed by atoms with van der Waals surface area (Å²) in [5.41, 5.74) is 5.43. The molecular formula is C14H17N7. The Morgan fingerprint density at radius 3 is 2.67 bits per heavy atom. The summed E-state index contributed by atoms with van der Waals surface area (Å²) in [7, 11) is 1.89. The number of aromatic nitrogens is 5. The number of hydrogen-bond donors (Lipinski definition) is 2. The number of rotatable bonds is 5. The van der Waals surface area contributed by atoms with E-state index < -0.39 is 0 Å². The Kier molecular flexibility index (Phi) is 3.76. The molecule has 2 heterocycles. The minimum atomic E-state index is -0.127. The maximum atomic E-state index is 5.65. The van der Waals surface area contributed by atoms with Crippen LogP contribution in [0.1, 0.15) is 17.4 Å². The van der Waals surface area contributed by atoms with Crippen LogP contribution < -0.4 is 11.3 Å². The smallest absolute Gasteiger partial charge is 0.102 e. The topological polar surface area (TPSA) is 86.6 Å². The molecule has 21 heavy (non-hydrogen) atoms. The number of nitrogens with zero attached hydrogens (tertiary/aromatic N) is 5. The Bertz CT molecular complexity index is 701. The zero-order valence-corrected chi connectivity index (χ0v) is 11.7. The van der Waals surface area contributed by atoms with Gasteiger partial charge in [0.15, 0.2) is 0 Å². The molecule has 0 spiro atoms. The monoisotopic (exact) mass is 283 g/mol. The molecule has 0 aliphatic heterocycles. The number of hydrazine groups is 1. The lowest BCUT2D eigenvalue weighted by molar-refractivity contribution is 0.523. The number of aryl methyl sites for hydroxylation is 1. The van der Waals surface area contributed by atoms with Gasteiger partial charge in [-0.05, 0) is 18.2 Å². The van der Waals surface area contributed by atoms with E-state index in [1.807, 2.05) is 49.6 Å². The first kappa shape index (κ1) is 13.5. The molecule has 0 fully saturated rings. The lowest BCUT2D eigenvalue weighted by Gasteiger charge is -2.10. The average molecular weight is 283 g/mol. The fraction of sp³-hybridized carbons (Fsp3) is 0.214. The van der Waals surface area contributed by atoms with Crippen molar-refractivity contribution in [3.63, 3.8) is 0 Å². The van der Waals surface area contributed by atoms with Gasteiger partial charge in [-0.1, -0.05) is 18.2 Å². The molecule has 0 aliphatic rings. The molecule has 1 aromatic carbocycles. The Balaban J connectivity index is 1.80. The summed E-state index contributed by atoms with van der Waals surface area (Å²) in [6, 6.07) is 11.6. The zero-order valence-electron chi connectivity index (χ0n) is 11.7. The minimum absolute atomic E-state index is 0.127. The Labute approximate surface area is 122 Å². The predicted octanol–water partition coefficient (Wildman–Crippen LogP) is 0.748. The van der Waals surface area contributed by atoms with E-state index in [-0.39, 0.29) is 6.04 Å². The Morgan fingerprint density at radius 2 is 2.00 bits per heavy atom. The van der Waals surface area contributed by atoms with Gasteiger partial charge in [0.1, 0.15) is 5.69 Å². The molecule has 3 rings (SSSR count). The van der Waals surface area contributed by atoms with Gasteiger partial charge < -0.3 is 0 Å². The second kappa shape index (κ2) is 5.86. The molecule has 3 aromatic rings. The van der Waals surface area contributed by atoms with E-state index in [4.69, 9.17) is 5.84 Å². The van der Waals surface area contributed by atoms with Crippen molar-refractivity contribution < 1.29 is 0 Å². The summed E-state index contributed by atoms with van der Waals surface area (Å²) < 4.78 is 1.77. The van der Waals surface area contributed by atoms with Crippen LogP contribution in [0.25, 0.3) is 5.69 Å². The number of benzene rings is 1. The van der Waals surface area contributed by atoms with E-state index in [0.717, 1.165) is 17.1 Å². The zero-order chi connectivity index (χ0) is 14.7. The molecule has 1 atom stereocenters.